The van der Waals surface area contributed by atoms with Gasteiger partial charge in [0, 0.05) is 12.8 Å². The van der Waals surface area contributed by atoms with Crippen molar-refractivity contribution in [3.8, 4) is 0 Å². The van der Waals surface area contributed by atoms with Crippen molar-refractivity contribution in [2.24, 2.45) is 0 Å². The molecule has 0 rings (SSSR count). The van der Waals surface area contributed by atoms with E-state index in [1.165, 1.54) is 96.3 Å². The normalized spacial score (nSPS) is 13.6. The van der Waals surface area contributed by atoms with Gasteiger partial charge in [0.1, 0.15) is 6.61 Å². The predicted molar refractivity (Wildman–Crippen MR) is 236 cm³/mol. The Hall–Kier alpha value is -2.29. The second-order valence-electron chi connectivity index (χ2n) is 15.2. The van der Waals surface area contributed by atoms with Crippen molar-refractivity contribution in [2.75, 3.05) is 13.2 Å². The number of aliphatic hydroxyl groups excluding tert-OH is 1. The predicted octanol–water partition coefficient (Wildman–Crippen LogP) is 13.0. The summed E-state index contributed by atoms with van der Waals surface area (Å²) in [5, 5.41) is 9.88. The first kappa shape index (κ1) is 54.7. The number of carbonyl (C=O) groups is 2. The third kappa shape index (κ3) is 44.7. The first-order chi connectivity index (χ1) is 27.7. The third-order valence-corrected chi connectivity index (χ3v) is 10.1. The lowest BCUT2D eigenvalue weighted by atomic mass is 10.0. The van der Waals surface area contributed by atoms with Crippen molar-refractivity contribution in [1.29, 1.82) is 0 Å². The molecule has 0 aromatic carbocycles. The highest BCUT2D eigenvalue weighted by atomic mass is 31.2. The summed E-state index contributed by atoms with van der Waals surface area (Å²) in [5.74, 6) is -0.977. The molecular weight excluding hydrogens is 739 g/mol. The van der Waals surface area contributed by atoms with Crippen LogP contribution in [0.1, 0.15) is 200 Å². The molecule has 0 fully saturated rings. The molecule has 0 aromatic heterocycles. The number of ether oxygens (including phenoxy) is 2. The number of aliphatic hydroxyl groups is 1. The minimum atomic E-state index is -4.78. The van der Waals surface area contributed by atoms with E-state index in [0.717, 1.165) is 57.8 Å². The summed E-state index contributed by atoms with van der Waals surface area (Å²) in [5.41, 5.74) is 0. The minimum absolute atomic E-state index is 0.114. The number of unbranched alkanes of at least 4 members (excludes halogenated alkanes) is 20. The van der Waals surface area contributed by atoms with E-state index < -0.39 is 32.5 Å². The Kier molecular flexibility index (Phi) is 40.2. The zero-order valence-corrected chi connectivity index (χ0v) is 37.0. The summed E-state index contributed by atoms with van der Waals surface area (Å²) in [4.78, 5) is 42.9. The molecular formula is C47H83O9P. The van der Waals surface area contributed by atoms with Gasteiger partial charge in [0.05, 0.1) is 12.7 Å². The van der Waals surface area contributed by atoms with Gasteiger partial charge in [0.15, 0.2) is 6.10 Å². The van der Waals surface area contributed by atoms with Crippen LogP contribution in [-0.4, -0.2) is 52.3 Å². The maximum atomic E-state index is 12.4. The van der Waals surface area contributed by atoms with Crippen molar-refractivity contribution < 1.29 is 43.0 Å². The van der Waals surface area contributed by atoms with Gasteiger partial charge in [-0.05, 0) is 64.2 Å². The summed E-state index contributed by atoms with van der Waals surface area (Å²) < 4.78 is 26.4. The summed E-state index contributed by atoms with van der Waals surface area (Å²) in [7, 11) is -4.78. The second-order valence-corrected chi connectivity index (χ2v) is 16.5. The summed E-state index contributed by atoms with van der Waals surface area (Å²) in [6, 6.07) is 0. The van der Waals surface area contributed by atoms with Crippen LogP contribution in [0.5, 0.6) is 0 Å². The molecule has 0 aliphatic carbocycles. The molecule has 0 saturated heterocycles. The van der Waals surface area contributed by atoms with Gasteiger partial charge in [-0.3, -0.25) is 14.1 Å². The smallest absolute Gasteiger partial charge is 0.462 e. The molecule has 0 aromatic rings. The molecule has 0 radical (unpaired) electrons. The van der Waals surface area contributed by atoms with Crippen molar-refractivity contribution in [1.82, 2.24) is 0 Å². The van der Waals surface area contributed by atoms with E-state index in [1.54, 1.807) is 0 Å². The summed E-state index contributed by atoms with van der Waals surface area (Å²) in [6.45, 7) is 3.52. The van der Waals surface area contributed by atoms with Gasteiger partial charge >= 0.3 is 19.8 Å². The van der Waals surface area contributed by atoms with Crippen LogP contribution in [0.15, 0.2) is 60.8 Å². The summed E-state index contributed by atoms with van der Waals surface area (Å²) in [6.07, 6.45) is 49.9. The number of phosphoric ester groups is 1. The molecule has 10 heteroatoms. The number of allylic oxidation sites excluding steroid dienone is 9. The van der Waals surface area contributed by atoms with Gasteiger partial charge in [-0.1, -0.05) is 184 Å². The van der Waals surface area contributed by atoms with Crippen LogP contribution in [-0.2, 0) is 28.2 Å². The molecule has 57 heavy (non-hydrogen) atoms. The lowest BCUT2D eigenvalue weighted by molar-refractivity contribution is -0.161. The van der Waals surface area contributed by atoms with E-state index in [-0.39, 0.29) is 25.6 Å². The molecule has 0 heterocycles. The Morgan fingerprint density at radius 2 is 1.02 bits per heavy atom. The number of hydrogen-bond acceptors (Lipinski definition) is 7. The van der Waals surface area contributed by atoms with Crippen molar-refractivity contribution in [3.05, 3.63) is 60.8 Å². The van der Waals surface area contributed by atoms with Gasteiger partial charge in [-0.25, -0.2) is 4.57 Å². The lowest BCUT2D eigenvalue weighted by Gasteiger charge is -2.18. The van der Waals surface area contributed by atoms with Crippen LogP contribution in [0.3, 0.4) is 0 Å². The highest BCUT2D eigenvalue weighted by molar-refractivity contribution is 7.46. The molecule has 0 aliphatic heterocycles. The van der Waals surface area contributed by atoms with Crippen LogP contribution in [0.25, 0.3) is 0 Å². The molecule has 9 nitrogen and oxygen atoms in total. The molecule has 0 amide bonds. The monoisotopic (exact) mass is 823 g/mol. The Bertz CT molecular complexity index is 1120. The van der Waals surface area contributed by atoms with E-state index in [4.69, 9.17) is 19.3 Å². The summed E-state index contributed by atoms with van der Waals surface area (Å²) >= 11 is 0. The highest BCUT2D eigenvalue weighted by Gasteiger charge is 2.22. The fourth-order valence-electron chi connectivity index (χ4n) is 6.18. The van der Waals surface area contributed by atoms with Crippen LogP contribution in [0, 0.1) is 0 Å². The Morgan fingerprint density at radius 1 is 0.544 bits per heavy atom. The maximum absolute atomic E-state index is 12.4. The van der Waals surface area contributed by atoms with Crippen LogP contribution < -0.4 is 0 Å². The van der Waals surface area contributed by atoms with E-state index in [9.17, 15) is 19.3 Å². The molecule has 3 N–H and O–H groups in total. The van der Waals surface area contributed by atoms with E-state index >= 15 is 0 Å². The second kappa shape index (κ2) is 41.9. The van der Waals surface area contributed by atoms with Crippen molar-refractivity contribution in [3.63, 3.8) is 0 Å². The van der Waals surface area contributed by atoms with E-state index in [2.05, 4.69) is 42.7 Å². The zero-order valence-electron chi connectivity index (χ0n) is 36.1. The van der Waals surface area contributed by atoms with Gasteiger partial charge in [0.25, 0.3) is 0 Å². The topological polar surface area (TPSA) is 140 Å². The maximum Gasteiger partial charge on any atom is 0.469 e. The average molecular weight is 823 g/mol. The molecule has 0 spiro atoms. The molecule has 0 unspecified atom stereocenters. The van der Waals surface area contributed by atoms with Crippen molar-refractivity contribution in [2.45, 2.75) is 212 Å². The third-order valence-electron chi connectivity index (χ3n) is 9.61. The first-order valence-electron chi connectivity index (χ1n) is 22.7. The largest absolute Gasteiger partial charge is 0.469 e. The van der Waals surface area contributed by atoms with Crippen molar-refractivity contribution >= 4 is 19.8 Å². The Morgan fingerprint density at radius 3 is 1.61 bits per heavy atom. The Balaban J connectivity index is 3.99. The van der Waals surface area contributed by atoms with Gasteiger partial charge in [-0.15, -0.1) is 0 Å². The number of rotatable bonds is 41. The van der Waals surface area contributed by atoms with Crippen LogP contribution in [0.2, 0.25) is 0 Å². The average Bonchev–Trinajstić information content (AvgIpc) is 3.18. The number of hydrogen-bond donors (Lipinski definition) is 3. The standard InChI is InChI=1S/C47H83O9P/c1-3-5-7-8-9-10-11-12-13-14-15-16-17-18-19-20-23-26-29-32-36-40-46(49)54-42-45(43-55-57(51,52)53)56-47(50)41-37-33-30-27-24-21-22-25-28-31-35-39-44(48)38-34-6-4-2/h12-13,21-22,27-28,30-31,35,39,44-45,48H,3-11,14-20,23-26,29,32-34,36-38,40-43H2,1-2H3,(H2,51,52,53)/b13-12-,22-21-,30-27-,31-28-,39-35+/t44-,45+/m0/s1. The quantitative estimate of drug-likeness (QED) is 0.0181. The van der Waals surface area contributed by atoms with Crippen LogP contribution in [0.4, 0.5) is 0 Å². The molecule has 0 bridgehead atoms. The fraction of sp³-hybridized carbons (Fsp3) is 0.745. The molecule has 330 valence electrons. The molecule has 0 saturated carbocycles. The van der Waals surface area contributed by atoms with Gasteiger partial charge in [-0.2, -0.15) is 0 Å². The number of phosphoric acid groups is 1. The minimum Gasteiger partial charge on any atom is -0.462 e. The van der Waals surface area contributed by atoms with Gasteiger partial charge in [0.2, 0.25) is 0 Å². The van der Waals surface area contributed by atoms with Crippen LogP contribution >= 0.6 is 7.82 Å². The number of esters is 2. The Labute approximate surface area is 348 Å². The fourth-order valence-corrected chi connectivity index (χ4v) is 6.54. The van der Waals surface area contributed by atoms with E-state index in [1.807, 2.05) is 36.5 Å². The molecule has 0 aliphatic rings. The lowest BCUT2D eigenvalue weighted by Crippen LogP contribution is -2.29. The first-order valence-corrected chi connectivity index (χ1v) is 24.2. The zero-order chi connectivity index (χ0) is 41.9. The van der Waals surface area contributed by atoms with E-state index in [0.29, 0.717) is 19.3 Å². The number of carbonyl (C=O) groups excluding carboxylic acids is 2. The highest BCUT2D eigenvalue weighted by Crippen LogP contribution is 2.36. The SMILES string of the molecule is CCCCCCCC/C=C\CCCCCCCCCCCCCC(=O)OC[C@H](COP(=O)(O)O)OC(=O)CCC/C=C\C/C=C\C/C=C\C=C\[C@@H](O)CCCCC. The molecule has 2 atom stereocenters. The van der Waals surface area contributed by atoms with Gasteiger partial charge < -0.3 is 24.4 Å².